The maximum atomic E-state index is 11.0. The lowest BCUT2D eigenvalue weighted by molar-refractivity contribution is -0.122. The predicted molar refractivity (Wildman–Crippen MR) is 49.8 cm³/mol. The summed E-state index contributed by atoms with van der Waals surface area (Å²) in [6.45, 7) is 2.25. The number of thiophene rings is 1. The molecule has 0 saturated carbocycles. The summed E-state index contributed by atoms with van der Waals surface area (Å²) < 4.78 is 0. The fourth-order valence-corrected chi connectivity index (χ4v) is 1.39. The van der Waals surface area contributed by atoms with Crippen molar-refractivity contribution in [3.05, 3.63) is 22.4 Å². The van der Waals surface area contributed by atoms with E-state index >= 15 is 0 Å². The molecule has 3 nitrogen and oxygen atoms in total. The Morgan fingerprint density at radius 2 is 2.58 bits per heavy atom. The van der Waals surface area contributed by atoms with Gasteiger partial charge in [0.15, 0.2) is 0 Å². The lowest BCUT2D eigenvalue weighted by atomic mass is 10.3. The predicted octanol–water partition coefficient (Wildman–Crippen LogP) is 0.712. The molecule has 0 aliphatic rings. The molecule has 1 aromatic heterocycles. The zero-order valence-electron chi connectivity index (χ0n) is 6.91. The maximum Gasteiger partial charge on any atom is 0.236 e. The van der Waals surface area contributed by atoms with Crippen molar-refractivity contribution in [2.45, 2.75) is 19.5 Å². The van der Waals surface area contributed by atoms with Crippen molar-refractivity contribution in [3.63, 3.8) is 0 Å². The molecule has 1 atom stereocenters. The van der Waals surface area contributed by atoms with Crippen LogP contribution in [0, 0.1) is 0 Å². The van der Waals surface area contributed by atoms with E-state index in [0.29, 0.717) is 6.54 Å². The third kappa shape index (κ3) is 2.64. The van der Waals surface area contributed by atoms with E-state index in [9.17, 15) is 4.79 Å². The molecule has 0 aromatic carbocycles. The van der Waals surface area contributed by atoms with Crippen molar-refractivity contribution < 1.29 is 4.79 Å². The Balaban J connectivity index is 2.32. The Hall–Kier alpha value is -0.870. The van der Waals surface area contributed by atoms with E-state index in [4.69, 9.17) is 5.73 Å². The van der Waals surface area contributed by atoms with E-state index in [-0.39, 0.29) is 5.91 Å². The molecule has 0 fully saturated rings. The third-order valence-electron chi connectivity index (χ3n) is 1.43. The van der Waals surface area contributed by atoms with Gasteiger partial charge in [0.25, 0.3) is 0 Å². The molecule has 66 valence electrons. The quantitative estimate of drug-likeness (QED) is 0.727. The smallest absolute Gasteiger partial charge is 0.236 e. The van der Waals surface area contributed by atoms with Crippen molar-refractivity contribution in [2.24, 2.45) is 5.73 Å². The Morgan fingerprint density at radius 3 is 3.08 bits per heavy atom. The average Bonchev–Trinajstić information content (AvgIpc) is 2.51. The minimum Gasteiger partial charge on any atom is -0.350 e. The molecular formula is C8H12N2OS. The second kappa shape index (κ2) is 4.23. The van der Waals surface area contributed by atoms with Crippen LogP contribution < -0.4 is 11.1 Å². The number of hydrogen-bond donors (Lipinski definition) is 2. The van der Waals surface area contributed by atoms with Crippen molar-refractivity contribution in [1.29, 1.82) is 0 Å². The molecule has 1 heterocycles. The van der Waals surface area contributed by atoms with Crippen LogP contribution in [0.4, 0.5) is 0 Å². The summed E-state index contributed by atoms with van der Waals surface area (Å²) >= 11 is 1.62. The molecule has 1 rings (SSSR count). The maximum absolute atomic E-state index is 11.0. The SMILES string of the molecule is C[C@@H](N)C(=O)NCc1cccs1. The van der Waals surface area contributed by atoms with Gasteiger partial charge in [-0.25, -0.2) is 0 Å². The van der Waals surface area contributed by atoms with Crippen molar-refractivity contribution in [1.82, 2.24) is 5.32 Å². The molecule has 0 radical (unpaired) electrons. The number of carbonyl (C=O) groups excluding carboxylic acids is 1. The van der Waals surface area contributed by atoms with Crippen LogP contribution in [0.5, 0.6) is 0 Å². The molecule has 1 amide bonds. The number of nitrogens with one attached hydrogen (secondary N) is 1. The first-order valence-corrected chi connectivity index (χ1v) is 4.64. The molecule has 0 saturated heterocycles. The van der Waals surface area contributed by atoms with Crippen molar-refractivity contribution >= 4 is 17.2 Å². The van der Waals surface area contributed by atoms with E-state index in [1.165, 1.54) is 0 Å². The molecule has 1 aromatic rings. The highest BCUT2D eigenvalue weighted by Crippen LogP contribution is 2.07. The summed E-state index contributed by atoms with van der Waals surface area (Å²) in [5, 5.41) is 4.71. The molecule has 0 spiro atoms. The average molecular weight is 184 g/mol. The van der Waals surface area contributed by atoms with Gasteiger partial charge in [0.2, 0.25) is 5.91 Å². The summed E-state index contributed by atoms with van der Waals surface area (Å²) in [5.74, 6) is -0.108. The molecule has 4 heteroatoms. The Kier molecular flexibility index (Phi) is 3.25. The van der Waals surface area contributed by atoms with E-state index in [2.05, 4.69) is 5.32 Å². The van der Waals surface area contributed by atoms with Gasteiger partial charge in [0.05, 0.1) is 12.6 Å². The minimum absolute atomic E-state index is 0.108. The molecular weight excluding hydrogens is 172 g/mol. The van der Waals surface area contributed by atoms with E-state index in [1.54, 1.807) is 18.3 Å². The third-order valence-corrected chi connectivity index (χ3v) is 2.31. The topological polar surface area (TPSA) is 55.1 Å². The monoisotopic (exact) mass is 184 g/mol. The lowest BCUT2D eigenvalue weighted by Gasteiger charge is -2.05. The summed E-state index contributed by atoms with van der Waals surface area (Å²) in [6, 6.07) is 3.51. The number of carbonyl (C=O) groups is 1. The van der Waals surface area contributed by atoms with Gasteiger partial charge >= 0.3 is 0 Å². The van der Waals surface area contributed by atoms with Gasteiger partial charge in [-0.2, -0.15) is 0 Å². The number of amides is 1. The van der Waals surface area contributed by atoms with Gasteiger partial charge in [-0.05, 0) is 18.4 Å². The zero-order valence-corrected chi connectivity index (χ0v) is 7.73. The standard InChI is InChI=1S/C8H12N2OS/c1-6(9)8(11)10-5-7-3-2-4-12-7/h2-4,6H,5,9H2,1H3,(H,10,11)/t6-/m1/s1. The summed E-state index contributed by atoms with van der Waals surface area (Å²) in [4.78, 5) is 12.1. The normalized spacial score (nSPS) is 12.5. The van der Waals surface area contributed by atoms with E-state index in [0.717, 1.165) is 4.88 Å². The fourth-order valence-electron chi connectivity index (χ4n) is 0.748. The summed E-state index contributed by atoms with van der Waals surface area (Å²) in [6.07, 6.45) is 0. The van der Waals surface area contributed by atoms with Crippen molar-refractivity contribution in [2.75, 3.05) is 0 Å². The number of nitrogens with two attached hydrogens (primary N) is 1. The number of hydrogen-bond acceptors (Lipinski definition) is 3. The van der Waals surface area contributed by atoms with Gasteiger partial charge in [0.1, 0.15) is 0 Å². The van der Waals surface area contributed by atoms with Crippen LogP contribution in [0.1, 0.15) is 11.8 Å². The second-order valence-electron chi connectivity index (χ2n) is 2.59. The Bertz CT molecular complexity index is 244. The van der Waals surface area contributed by atoms with Crippen molar-refractivity contribution in [3.8, 4) is 0 Å². The van der Waals surface area contributed by atoms with Gasteiger partial charge in [-0.1, -0.05) is 6.07 Å². The molecule has 0 aliphatic carbocycles. The highest BCUT2D eigenvalue weighted by atomic mass is 32.1. The highest BCUT2D eigenvalue weighted by molar-refractivity contribution is 7.09. The summed E-state index contributed by atoms with van der Waals surface area (Å²) in [5.41, 5.74) is 5.37. The van der Waals surface area contributed by atoms with E-state index < -0.39 is 6.04 Å². The van der Waals surface area contributed by atoms with Crippen LogP contribution in [-0.4, -0.2) is 11.9 Å². The zero-order chi connectivity index (χ0) is 8.97. The van der Waals surface area contributed by atoms with Crippen LogP contribution in [-0.2, 0) is 11.3 Å². The second-order valence-corrected chi connectivity index (χ2v) is 3.62. The highest BCUT2D eigenvalue weighted by Gasteiger charge is 2.05. The largest absolute Gasteiger partial charge is 0.350 e. The number of rotatable bonds is 3. The van der Waals surface area contributed by atoms with Gasteiger partial charge < -0.3 is 11.1 Å². The Morgan fingerprint density at radius 1 is 1.83 bits per heavy atom. The molecule has 0 bridgehead atoms. The first kappa shape index (κ1) is 9.22. The van der Waals surface area contributed by atoms with Crippen LogP contribution in [0.2, 0.25) is 0 Å². The van der Waals surface area contributed by atoms with Crippen LogP contribution in [0.15, 0.2) is 17.5 Å². The van der Waals surface area contributed by atoms with Crippen LogP contribution >= 0.6 is 11.3 Å². The summed E-state index contributed by atoms with van der Waals surface area (Å²) in [7, 11) is 0. The van der Waals surface area contributed by atoms with Gasteiger partial charge in [0, 0.05) is 4.88 Å². The van der Waals surface area contributed by atoms with Crippen LogP contribution in [0.25, 0.3) is 0 Å². The fraction of sp³-hybridized carbons (Fsp3) is 0.375. The molecule has 3 N–H and O–H groups in total. The molecule has 12 heavy (non-hydrogen) atoms. The minimum atomic E-state index is -0.426. The molecule has 0 aliphatic heterocycles. The lowest BCUT2D eigenvalue weighted by Crippen LogP contribution is -2.37. The first-order valence-electron chi connectivity index (χ1n) is 3.76. The van der Waals surface area contributed by atoms with E-state index in [1.807, 2.05) is 17.5 Å². The Labute approximate surface area is 75.6 Å². The van der Waals surface area contributed by atoms with Gasteiger partial charge in [-0.15, -0.1) is 11.3 Å². The molecule has 0 unspecified atom stereocenters. The van der Waals surface area contributed by atoms with Crippen LogP contribution in [0.3, 0.4) is 0 Å². The first-order chi connectivity index (χ1) is 5.70. The van der Waals surface area contributed by atoms with Gasteiger partial charge in [-0.3, -0.25) is 4.79 Å².